The molecule has 1 aliphatic heterocycles. The van der Waals surface area contributed by atoms with Gasteiger partial charge in [-0.25, -0.2) is 0 Å². The third-order valence-electron chi connectivity index (χ3n) is 3.37. The van der Waals surface area contributed by atoms with Crippen LogP contribution in [-0.4, -0.2) is 44.1 Å². The van der Waals surface area contributed by atoms with Gasteiger partial charge in [-0.1, -0.05) is 18.2 Å². The van der Waals surface area contributed by atoms with Crippen molar-refractivity contribution in [1.29, 1.82) is 0 Å². The number of carbonyl (C=O) groups is 1. The van der Waals surface area contributed by atoms with Gasteiger partial charge in [0.05, 0.1) is 13.2 Å². The van der Waals surface area contributed by atoms with Crippen molar-refractivity contribution in [2.75, 3.05) is 33.3 Å². The minimum atomic E-state index is 0.129. The van der Waals surface area contributed by atoms with Gasteiger partial charge in [-0.2, -0.15) is 0 Å². The van der Waals surface area contributed by atoms with Gasteiger partial charge in [0.2, 0.25) is 5.91 Å². The van der Waals surface area contributed by atoms with E-state index >= 15 is 0 Å². The number of nitrogens with one attached hydrogen (secondary N) is 1. The molecule has 0 saturated heterocycles. The zero-order valence-electron chi connectivity index (χ0n) is 11.0. The van der Waals surface area contributed by atoms with E-state index in [2.05, 4.69) is 11.4 Å². The predicted octanol–water partition coefficient (Wildman–Crippen LogP) is 1.23. The van der Waals surface area contributed by atoms with Crippen LogP contribution in [0.25, 0.3) is 0 Å². The molecule has 0 bridgehead atoms. The van der Waals surface area contributed by atoms with Gasteiger partial charge in [0.15, 0.2) is 0 Å². The van der Waals surface area contributed by atoms with E-state index in [9.17, 15) is 4.79 Å². The highest BCUT2D eigenvalue weighted by molar-refractivity contribution is 5.77. The largest absolute Gasteiger partial charge is 0.493 e. The van der Waals surface area contributed by atoms with Crippen LogP contribution in [0.4, 0.5) is 0 Å². The molecule has 1 atom stereocenters. The first-order valence-corrected chi connectivity index (χ1v) is 6.38. The highest BCUT2D eigenvalue weighted by atomic mass is 16.5. The fraction of sp³-hybridized carbons (Fsp3) is 0.500. The maximum atomic E-state index is 11.6. The summed E-state index contributed by atoms with van der Waals surface area (Å²) in [5.41, 5.74) is 1.24. The Morgan fingerprint density at radius 1 is 1.50 bits per heavy atom. The lowest BCUT2D eigenvalue weighted by atomic mass is 10.0. The monoisotopic (exact) mass is 248 g/mol. The summed E-state index contributed by atoms with van der Waals surface area (Å²) in [5.74, 6) is 1.45. The van der Waals surface area contributed by atoms with Crippen molar-refractivity contribution >= 4 is 5.91 Å². The Morgan fingerprint density at radius 3 is 3.06 bits per heavy atom. The van der Waals surface area contributed by atoms with Gasteiger partial charge in [0.1, 0.15) is 5.75 Å². The van der Waals surface area contributed by atoms with Gasteiger partial charge in [-0.15, -0.1) is 0 Å². The molecule has 1 aromatic rings. The van der Waals surface area contributed by atoms with Crippen LogP contribution in [0.5, 0.6) is 5.75 Å². The Balaban J connectivity index is 1.81. The number of amides is 1. The topological polar surface area (TPSA) is 41.6 Å². The van der Waals surface area contributed by atoms with Gasteiger partial charge in [0.25, 0.3) is 0 Å². The Morgan fingerprint density at radius 2 is 2.28 bits per heavy atom. The number of ether oxygens (including phenoxy) is 1. The van der Waals surface area contributed by atoms with Crippen LogP contribution in [-0.2, 0) is 4.79 Å². The van der Waals surface area contributed by atoms with Crippen LogP contribution >= 0.6 is 0 Å². The van der Waals surface area contributed by atoms with E-state index in [1.54, 1.807) is 4.90 Å². The fourth-order valence-corrected chi connectivity index (χ4v) is 2.06. The van der Waals surface area contributed by atoms with Crippen LogP contribution in [0, 0.1) is 0 Å². The number of hydrogen-bond acceptors (Lipinski definition) is 3. The first-order chi connectivity index (χ1) is 8.72. The molecule has 0 radical (unpaired) electrons. The number of rotatable bonds is 5. The maximum Gasteiger partial charge on any atom is 0.236 e. The highest BCUT2D eigenvalue weighted by Gasteiger charge is 2.23. The molecule has 4 nitrogen and oxygen atoms in total. The number of carbonyl (C=O) groups excluding carboxylic acids is 1. The molecule has 2 rings (SSSR count). The average Bonchev–Trinajstić information content (AvgIpc) is 2.81. The molecular formula is C14H20N2O2. The van der Waals surface area contributed by atoms with E-state index in [4.69, 9.17) is 4.74 Å². The number of likely N-dealkylation sites (N-methyl/N-ethyl adjacent to an activating group) is 1. The van der Waals surface area contributed by atoms with Gasteiger partial charge >= 0.3 is 0 Å². The Labute approximate surface area is 108 Å². The van der Waals surface area contributed by atoms with E-state index in [1.165, 1.54) is 5.56 Å². The van der Waals surface area contributed by atoms with Gasteiger partial charge in [-0.3, -0.25) is 4.79 Å². The van der Waals surface area contributed by atoms with Gasteiger partial charge in [0, 0.05) is 31.6 Å². The summed E-state index contributed by atoms with van der Waals surface area (Å²) in [6, 6.07) is 8.09. The average molecular weight is 248 g/mol. The van der Waals surface area contributed by atoms with Crippen molar-refractivity contribution in [3.05, 3.63) is 29.8 Å². The Kier molecular flexibility index (Phi) is 4.20. The molecule has 98 valence electrons. The standard InChI is InChI=1S/C14H20N2O2/c1-3-16(2)14(17)9-15-8-11-10-18-13-7-5-4-6-12(11)13/h4-7,11,15H,3,8-10H2,1-2H3. The molecule has 1 amide bonds. The summed E-state index contributed by atoms with van der Waals surface area (Å²) < 4.78 is 5.60. The molecule has 0 fully saturated rings. The Hall–Kier alpha value is -1.55. The van der Waals surface area contributed by atoms with Crippen molar-refractivity contribution in [2.24, 2.45) is 0 Å². The van der Waals surface area contributed by atoms with Crippen molar-refractivity contribution < 1.29 is 9.53 Å². The third-order valence-corrected chi connectivity index (χ3v) is 3.37. The fourth-order valence-electron chi connectivity index (χ4n) is 2.06. The van der Waals surface area contributed by atoms with E-state index in [0.717, 1.165) is 18.8 Å². The molecule has 1 unspecified atom stereocenters. The van der Waals surface area contributed by atoms with Crippen LogP contribution in [0.1, 0.15) is 18.4 Å². The third kappa shape index (κ3) is 2.82. The molecule has 1 heterocycles. The maximum absolute atomic E-state index is 11.6. The number of hydrogen-bond donors (Lipinski definition) is 1. The van der Waals surface area contributed by atoms with Crippen molar-refractivity contribution in [3.63, 3.8) is 0 Å². The first-order valence-electron chi connectivity index (χ1n) is 6.38. The number of fused-ring (bicyclic) bond motifs is 1. The zero-order chi connectivity index (χ0) is 13.0. The first kappa shape index (κ1) is 12.9. The normalized spacial score (nSPS) is 17.1. The lowest BCUT2D eigenvalue weighted by Gasteiger charge is -2.16. The number of para-hydroxylation sites is 1. The second kappa shape index (κ2) is 5.87. The summed E-state index contributed by atoms with van der Waals surface area (Å²) >= 11 is 0. The van der Waals surface area contributed by atoms with E-state index in [1.807, 2.05) is 32.2 Å². The highest BCUT2D eigenvalue weighted by Crippen LogP contribution is 2.32. The molecule has 1 N–H and O–H groups in total. The van der Waals surface area contributed by atoms with Gasteiger partial charge in [-0.05, 0) is 13.0 Å². The predicted molar refractivity (Wildman–Crippen MR) is 70.9 cm³/mol. The van der Waals surface area contributed by atoms with E-state index in [0.29, 0.717) is 19.1 Å². The van der Waals surface area contributed by atoms with E-state index < -0.39 is 0 Å². The quantitative estimate of drug-likeness (QED) is 0.852. The lowest BCUT2D eigenvalue weighted by Crippen LogP contribution is -2.37. The lowest BCUT2D eigenvalue weighted by molar-refractivity contribution is -0.128. The summed E-state index contributed by atoms with van der Waals surface area (Å²) in [7, 11) is 1.82. The van der Waals surface area contributed by atoms with Crippen molar-refractivity contribution in [1.82, 2.24) is 10.2 Å². The van der Waals surface area contributed by atoms with Crippen molar-refractivity contribution in [2.45, 2.75) is 12.8 Å². The number of benzene rings is 1. The molecule has 1 aromatic carbocycles. The van der Waals surface area contributed by atoms with E-state index in [-0.39, 0.29) is 5.91 Å². The summed E-state index contributed by atoms with van der Waals surface area (Å²) in [5, 5.41) is 3.21. The zero-order valence-corrected chi connectivity index (χ0v) is 11.0. The van der Waals surface area contributed by atoms with Gasteiger partial charge < -0.3 is 15.0 Å². The minimum Gasteiger partial charge on any atom is -0.493 e. The Bertz CT molecular complexity index is 420. The van der Waals surface area contributed by atoms with Crippen LogP contribution in [0.15, 0.2) is 24.3 Å². The second-order valence-corrected chi connectivity index (χ2v) is 4.58. The SMILES string of the molecule is CCN(C)C(=O)CNCC1COc2ccccc21. The van der Waals surface area contributed by atoms with Crippen LogP contribution in [0.2, 0.25) is 0 Å². The molecular weight excluding hydrogens is 228 g/mol. The minimum absolute atomic E-state index is 0.129. The molecule has 0 saturated carbocycles. The molecule has 1 aliphatic rings. The molecule has 0 aromatic heterocycles. The second-order valence-electron chi connectivity index (χ2n) is 4.58. The van der Waals surface area contributed by atoms with Crippen LogP contribution < -0.4 is 10.1 Å². The molecule has 4 heteroatoms. The molecule has 18 heavy (non-hydrogen) atoms. The summed E-state index contributed by atoms with van der Waals surface area (Å²) in [6.07, 6.45) is 0. The molecule has 0 aliphatic carbocycles. The number of nitrogens with zero attached hydrogens (tertiary/aromatic N) is 1. The van der Waals surface area contributed by atoms with Crippen molar-refractivity contribution in [3.8, 4) is 5.75 Å². The molecule has 0 spiro atoms. The summed E-state index contributed by atoms with van der Waals surface area (Å²) in [4.78, 5) is 13.3. The summed E-state index contributed by atoms with van der Waals surface area (Å²) in [6.45, 7) is 4.59. The smallest absolute Gasteiger partial charge is 0.236 e. The van der Waals surface area contributed by atoms with Crippen LogP contribution in [0.3, 0.4) is 0 Å².